The highest BCUT2D eigenvalue weighted by Gasteiger charge is 2.44. The van der Waals surface area contributed by atoms with Crippen LogP contribution in [0.15, 0.2) is 28.7 Å². The molecule has 0 saturated heterocycles. The van der Waals surface area contributed by atoms with Gasteiger partial charge in [-0.25, -0.2) is 0 Å². The normalized spacial score (nSPS) is 12.8. The number of nitrogens with one attached hydrogen (secondary N) is 1. The number of alkyl halides is 6. The summed E-state index contributed by atoms with van der Waals surface area (Å²) in [5.41, 5.74) is -3.60. The average Bonchev–Trinajstić information content (AvgIpc) is 2.67. The molecule has 0 bridgehead atoms. The van der Waals surface area contributed by atoms with Crippen LogP contribution >= 0.6 is 27.5 Å². The van der Waals surface area contributed by atoms with E-state index in [2.05, 4.69) is 15.9 Å². The van der Waals surface area contributed by atoms with E-state index in [-0.39, 0.29) is 10.6 Å². The summed E-state index contributed by atoms with van der Waals surface area (Å²) in [4.78, 5) is 1.41. The van der Waals surface area contributed by atoms with Gasteiger partial charge in [-0.1, -0.05) is 23.7 Å². The van der Waals surface area contributed by atoms with Gasteiger partial charge >= 0.3 is 12.4 Å². The zero-order valence-corrected chi connectivity index (χ0v) is 12.2. The van der Waals surface area contributed by atoms with Gasteiger partial charge in [-0.3, -0.25) is 0 Å². The van der Waals surface area contributed by atoms with E-state index in [1.165, 1.54) is 29.2 Å². The smallest absolute Gasteiger partial charge is 0.346 e. The Morgan fingerprint density at radius 1 is 0.857 bits per heavy atom. The van der Waals surface area contributed by atoms with Crippen LogP contribution in [0, 0.1) is 0 Å². The van der Waals surface area contributed by atoms with Crippen molar-refractivity contribution in [3.8, 4) is 11.1 Å². The van der Waals surface area contributed by atoms with E-state index >= 15 is 0 Å². The fourth-order valence-electron chi connectivity index (χ4n) is 1.77. The second-order valence-electron chi connectivity index (χ2n) is 4.07. The van der Waals surface area contributed by atoms with Crippen molar-refractivity contribution in [1.82, 2.24) is 4.98 Å². The summed E-state index contributed by atoms with van der Waals surface area (Å²) < 4.78 is 76.4. The first-order chi connectivity index (χ1) is 9.51. The minimum atomic E-state index is -4.96. The van der Waals surface area contributed by atoms with Gasteiger partial charge < -0.3 is 4.98 Å². The fraction of sp³-hybridized carbons (Fsp3) is 0.167. The average molecular weight is 393 g/mol. The Morgan fingerprint density at radius 2 is 1.33 bits per heavy atom. The van der Waals surface area contributed by atoms with Gasteiger partial charge in [0.1, 0.15) is 11.4 Å². The number of aromatic amines is 1. The third-order valence-corrected chi connectivity index (χ3v) is 3.68. The quantitative estimate of drug-likeness (QED) is 0.562. The molecule has 1 aromatic heterocycles. The number of rotatable bonds is 1. The summed E-state index contributed by atoms with van der Waals surface area (Å²) in [7, 11) is 0. The van der Waals surface area contributed by atoms with Crippen molar-refractivity contribution in [2.75, 3.05) is 0 Å². The second kappa shape index (κ2) is 5.24. The minimum Gasteiger partial charge on any atom is -0.346 e. The van der Waals surface area contributed by atoms with Gasteiger partial charge in [-0.05, 0) is 33.6 Å². The molecule has 0 aliphatic heterocycles. The highest BCUT2D eigenvalue weighted by Crippen LogP contribution is 2.46. The lowest BCUT2D eigenvalue weighted by molar-refractivity contribution is -0.147. The molecule has 9 heteroatoms. The highest BCUT2D eigenvalue weighted by atomic mass is 79.9. The summed E-state index contributed by atoms with van der Waals surface area (Å²) in [6, 6.07) is 5.02. The lowest BCUT2D eigenvalue weighted by Gasteiger charge is -2.08. The summed E-state index contributed by atoms with van der Waals surface area (Å²) in [5.74, 6) is 0. The van der Waals surface area contributed by atoms with Gasteiger partial charge in [-0.15, -0.1) is 0 Å². The Kier molecular flexibility index (Phi) is 4.05. The van der Waals surface area contributed by atoms with Crippen molar-refractivity contribution >= 4 is 27.5 Å². The number of aromatic nitrogens is 1. The molecule has 2 aromatic rings. The van der Waals surface area contributed by atoms with Crippen LogP contribution < -0.4 is 0 Å². The number of hydrogen-bond acceptors (Lipinski definition) is 0. The summed E-state index contributed by atoms with van der Waals surface area (Å²) >= 11 is 8.23. The lowest BCUT2D eigenvalue weighted by Crippen LogP contribution is -2.10. The highest BCUT2D eigenvalue weighted by molar-refractivity contribution is 9.10. The topological polar surface area (TPSA) is 15.8 Å². The minimum absolute atomic E-state index is 0.0367. The number of H-pyrrole nitrogens is 1. The van der Waals surface area contributed by atoms with Crippen molar-refractivity contribution in [3.63, 3.8) is 0 Å². The first-order valence-electron chi connectivity index (χ1n) is 5.33. The zero-order chi connectivity index (χ0) is 16.0. The molecule has 0 aliphatic rings. The fourth-order valence-corrected chi connectivity index (χ4v) is 2.65. The molecule has 21 heavy (non-hydrogen) atoms. The van der Waals surface area contributed by atoms with Gasteiger partial charge in [0.2, 0.25) is 0 Å². The molecule has 0 radical (unpaired) electrons. The van der Waals surface area contributed by atoms with Crippen LogP contribution in [-0.4, -0.2) is 4.98 Å². The lowest BCUT2D eigenvalue weighted by atomic mass is 10.1. The molecule has 0 fully saturated rings. The second-order valence-corrected chi connectivity index (χ2v) is 5.30. The predicted octanol–water partition coefficient (Wildman–Crippen LogP) is 6.14. The van der Waals surface area contributed by atoms with Crippen LogP contribution in [-0.2, 0) is 12.4 Å². The molecule has 0 unspecified atom stereocenters. The Labute approximate surface area is 128 Å². The largest absolute Gasteiger partial charge is 0.432 e. The number of halogens is 8. The van der Waals surface area contributed by atoms with E-state index in [1.807, 2.05) is 0 Å². The van der Waals surface area contributed by atoms with E-state index in [4.69, 9.17) is 11.6 Å². The monoisotopic (exact) mass is 391 g/mol. The van der Waals surface area contributed by atoms with Crippen molar-refractivity contribution in [2.24, 2.45) is 0 Å². The molecule has 114 valence electrons. The summed E-state index contributed by atoms with van der Waals surface area (Å²) in [6.45, 7) is 0. The molecule has 2 rings (SSSR count). The van der Waals surface area contributed by atoms with Crippen molar-refractivity contribution in [2.45, 2.75) is 12.4 Å². The molecule has 1 aromatic carbocycles. The van der Waals surface area contributed by atoms with Crippen molar-refractivity contribution < 1.29 is 26.3 Å². The van der Waals surface area contributed by atoms with Crippen LogP contribution in [0.5, 0.6) is 0 Å². The SMILES string of the molecule is FC(F)(F)c1[nH]c(C(F)(F)F)c(-c2ccc(Cl)cc2)c1Br. The van der Waals surface area contributed by atoms with Crippen molar-refractivity contribution in [3.05, 3.63) is 45.1 Å². The molecule has 0 aliphatic carbocycles. The van der Waals surface area contributed by atoms with E-state index in [0.29, 0.717) is 0 Å². The van der Waals surface area contributed by atoms with Crippen LogP contribution in [0.1, 0.15) is 11.4 Å². The molecule has 0 atom stereocenters. The van der Waals surface area contributed by atoms with E-state index < -0.39 is 33.8 Å². The first kappa shape index (κ1) is 16.2. The summed E-state index contributed by atoms with van der Waals surface area (Å²) in [6.07, 6.45) is -9.90. The number of hydrogen-bond donors (Lipinski definition) is 1. The van der Waals surface area contributed by atoms with Crippen LogP contribution in [0.2, 0.25) is 5.02 Å². The molecule has 0 spiro atoms. The van der Waals surface area contributed by atoms with Gasteiger partial charge in [0.25, 0.3) is 0 Å². The molecule has 1 N–H and O–H groups in total. The van der Waals surface area contributed by atoms with E-state index in [9.17, 15) is 26.3 Å². The standard InChI is InChI=1S/C12H5BrClF6N/c13-8-7(5-1-3-6(14)4-2-5)9(11(15,16)17)21-10(8)12(18,19)20/h1-4,21H. The molecule has 1 heterocycles. The van der Waals surface area contributed by atoms with Gasteiger partial charge in [0.05, 0.1) is 4.47 Å². The summed E-state index contributed by atoms with van der Waals surface area (Å²) in [5, 5.41) is 0.259. The Hall–Kier alpha value is -1.15. The molecule has 0 amide bonds. The Balaban J connectivity index is 2.74. The Bertz CT molecular complexity index is 656. The van der Waals surface area contributed by atoms with E-state index in [1.54, 1.807) is 0 Å². The zero-order valence-electron chi connectivity index (χ0n) is 9.83. The van der Waals surface area contributed by atoms with Gasteiger partial charge in [0, 0.05) is 10.6 Å². The molecular weight excluding hydrogens is 387 g/mol. The van der Waals surface area contributed by atoms with Crippen LogP contribution in [0.3, 0.4) is 0 Å². The molecule has 1 nitrogen and oxygen atoms in total. The van der Waals surface area contributed by atoms with Crippen LogP contribution in [0.4, 0.5) is 26.3 Å². The maximum Gasteiger partial charge on any atom is 0.432 e. The maximum atomic E-state index is 12.9. The third-order valence-electron chi connectivity index (χ3n) is 2.64. The van der Waals surface area contributed by atoms with Crippen LogP contribution in [0.25, 0.3) is 11.1 Å². The molecular formula is C12H5BrClF6N. The third kappa shape index (κ3) is 3.21. The van der Waals surface area contributed by atoms with Crippen molar-refractivity contribution in [1.29, 1.82) is 0 Å². The first-order valence-corrected chi connectivity index (χ1v) is 6.50. The molecule has 0 saturated carbocycles. The predicted molar refractivity (Wildman–Crippen MR) is 68.9 cm³/mol. The maximum absolute atomic E-state index is 12.9. The van der Waals surface area contributed by atoms with Gasteiger partial charge in [0.15, 0.2) is 0 Å². The van der Waals surface area contributed by atoms with Gasteiger partial charge in [-0.2, -0.15) is 26.3 Å². The number of benzene rings is 1. The Morgan fingerprint density at radius 3 is 1.76 bits per heavy atom. The van der Waals surface area contributed by atoms with E-state index in [0.717, 1.165) is 0 Å².